The van der Waals surface area contributed by atoms with Gasteiger partial charge in [-0.3, -0.25) is 20.2 Å². The van der Waals surface area contributed by atoms with Gasteiger partial charge in [-0.25, -0.2) is 0 Å². The molecule has 0 aromatic heterocycles. The van der Waals surface area contributed by atoms with Crippen LogP contribution in [0.15, 0.2) is 11.4 Å². The van der Waals surface area contributed by atoms with Crippen molar-refractivity contribution in [3.63, 3.8) is 0 Å². The second-order valence-corrected chi connectivity index (χ2v) is 5.62. The SMILES string of the molecule is C1CC[NH2+]C1.C1CC[NH2+]C1.CCC(C(=C=[N-])[N+](=O)[O-])C(=C=[N-])[N+](=O)[O-]. The zero-order chi connectivity index (χ0) is 19.1. The van der Waals surface area contributed by atoms with Crippen molar-refractivity contribution < 1.29 is 20.5 Å². The molecule has 2 rings (SSSR count). The normalized spacial score (nSPS) is 16.0. The minimum absolute atomic E-state index is 0.0479. The van der Waals surface area contributed by atoms with E-state index in [-0.39, 0.29) is 6.42 Å². The molecule has 0 aromatic carbocycles. The largest absolute Gasteiger partial charge is 0.758 e. The fourth-order valence-electron chi connectivity index (χ4n) is 2.45. The van der Waals surface area contributed by atoms with Crippen LogP contribution in [0, 0.1) is 26.1 Å². The van der Waals surface area contributed by atoms with E-state index in [1.807, 2.05) is 0 Å². The summed E-state index contributed by atoms with van der Waals surface area (Å²) in [4.78, 5) is 18.7. The first-order chi connectivity index (χ1) is 12.0. The van der Waals surface area contributed by atoms with Gasteiger partial charge >= 0.3 is 0 Å². The minimum atomic E-state index is -1.36. The van der Waals surface area contributed by atoms with E-state index in [4.69, 9.17) is 10.8 Å². The van der Waals surface area contributed by atoms with E-state index >= 15 is 0 Å². The lowest BCUT2D eigenvalue weighted by Crippen LogP contribution is -2.80. The van der Waals surface area contributed by atoms with Crippen molar-refractivity contribution in [1.29, 1.82) is 0 Å². The van der Waals surface area contributed by atoms with E-state index in [0.717, 1.165) is 0 Å². The molecule has 2 aliphatic rings. The number of nitrogens with zero attached hydrogens (tertiary/aromatic N) is 4. The monoisotopic (exact) mass is 354 g/mol. The molecule has 140 valence electrons. The Kier molecular flexibility index (Phi) is 12.7. The lowest BCUT2D eigenvalue weighted by atomic mass is 10.0. The fourth-order valence-corrected chi connectivity index (χ4v) is 2.45. The van der Waals surface area contributed by atoms with Gasteiger partial charge in [0.15, 0.2) is 5.92 Å². The van der Waals surface area contributed by atoms with E-state index < -0.39 is 27.2 Å². The molecule has 2 saturated heterocycles. The molecule has 0 aliphatic carbocycles. The lowest BCUT2D eigenvalue weighted by molar-refractivity contribution is -0.635. The van der Waals surface area contributed by atoms with Crippen LogP contribution < -0.4 is 10.6 Å². The molecule has 10 heteroatoms. The molecule has 0 radical (unpaired) electrons. The van der Waals surface area contributed by atoms with Crippen molar-refractivity contribution in [2.75, 3.05) is 26.2 Å². The average Bonchev–Trinajstić information content (AvgIpc) is 3.31. The van der Waals surface area contributed by atoms with Crippen LogP contribution in [0.4, 0.5) is 0 Å². The summed E-state index contributed by atoms with van der Waals surface area (Å²) in [6.45, 7) is 6.92. The highest BCUT2D eigenvalue weighted by atomic mass is 16.6. The number of rotatable bonds is 5. The van der Waals surface area contributed by atoms with E-state index in [1.54, 1.807) is 0 Å². The van der Waals surface area contributed by atoms with Gasteiger partial charge in [0.1, 0.15) is 0 Å². The van der Waals surface area contributed by atoms with Crippen LogP contribution in [0.25, 0.3) is 10.8 Å². The van der Waals surface area contributed by atoms with Gasteiger partial charge in [-0.05, 0) is 6.42 Å². The second-order valence-electron chi connectivity index (χ2n) is 5.62. The zero-order valence-electron chi connectivity index (χ0n) is 14.5. The summed E-state index contributed by atoms with van der Waals surface area (Å²) in [6, 6.07) is 0. The predicted octanol–water partition coefficient (Wildman–Crippen LogP) is -0.501. The Labute approximate surface area is 146 Å². The lowest BCUT2D eigenvalue weighted by Gasteiger charge is -2.07. The van der Waals surface area contributed by atoms with Crippen molar-refractivity contribution in [2.45, 2.75) is 39.0 Å². The van der Waals surface area contributed by atoms with Gasteiger partial charge in [-0.1, -0.05) is 6.92 Å². The van der Waals surface area contributed by atoms with Gasteiger partial charge in [0.25, 0.3) is 11.4 Å². The Morgan fingerprint density at radius 2 is 1.24 bits per heavy atom. The Morgan fingerprint density at radius 1 is 0.920 bits per heavy atom. The number of hydrogen-bond acceptors (Lipinski definition) is 4. The number of nitro groups is 2. The summed E-state index contributed by atoms with van der Waals surface area (Å²) in [6.07, 6.45) is 5.73. The molecule has 2 heterocycles. The van der Waals surface area contributed by atoms with E-state index in [0.29, 0.717) is 0 Å². The number of nitrogens with two attached hydrogens (primary N) is 2. The summed E-state index contributed by atoms with van der Waals surface area (Å²) >= 11 is 0. The number of hydrogen-bond donors (Lipinski definition) is 2. The third kappa shape index (κ3) is 9.49. The molecular weight excluding hydrogens is 328 g/mol. The fraction of sp³-hybridized carbons (Fsp3) is 0.733. The quantitative estimate of drug-likeness (QED) is 0.386. The van der Waals surface area contributed by atoms with E-state index in [9.17, 15) is 20.2 Å². The Hall–Kier alpha value is -2.38. The van der Waals surface area contributed by atoms with Crippen molar-refractivity contribution in [1.82, 2.24) is 0 Å². The Morgan fingerprint density at radius 3 is 1.36 bits per heavy atom. The van der Waals surface area contributed by atoms with Crippen molar-refractivity contribution >= 4 is 11.7 Å². The predicted molar refractivity (Wildman–Crippen MR) is 93.3 cm³/mol. The first-order valence-corrected chi connectivity index (χ1v) is 8.45. The molecule has 0 spiro atoms. The maximum absolute atomic E-state index is 10.4. The highest BCUT2D eigenvalue weighted by molar-refractivity contribution is 5.64. The van der Waals surface area contributed by atoms with Gasteiger partial charge in [-0.2, -0.15) is 11.7 Å². The molecule has 0 aromatic rings. The summed E-state index contributed by atoms with van der Waals surface area (Å²) in [5.74, 6) is 1.17. The molecule has 0 atom stereocenters. The third-order valence-electron chi connectivity index (χ3n) is 3.82. The summed E-state index contributed by atoms with van der Waals surface area (Å²) < 4.78 is 0. The van der Waals surface area contributed by atoms with Crippen LogP contribution in [0.5, 0.6) is 0 Å². The van der Waals surface area contributed by atoms with Gasteiger partial charge in [0.2, 0.25) is 0 Å². The van der Waals surface area contributed by atoms with Crippen molar-refractivity contribution in [2.24, 2.45) is 5.92 Å². The molecule has 10 nitrogen and oxygen atoms in total. The van der Waals surface area contributed by atoms with Crippen LogP contribution in [-0.2, 0) is 0 Å². The minimum Gasteiger partial charge on any atom is -0.758 e. The smallest absolute Gasteiger partial charge is 0.280 e. The Bertz CT molecular complexity index is 469. The van der Waals surface area contributed by atoms with Gasteiger partial charge in [-0.15, -0.1) is 0 Å². The summed E-state index contributed by atoms with van der Waals surface area (Å²) in [7, 11) is 0. The van der Waals surface area contributed by atoms with Crippen molar-refractivity contribution in [3.8, 4) is 0 Å². The first kappa shape index (κ1) is 22.6. The van der Waals surface area contributed by atoms with Crippen LogP contribution in [0.2, 0.25) is 0 Å². The zero-order valence-corrected chi connectivity index (χ0v) is 14.5. The molecule has 0 unspecified atom stereocenters. The van der Waals surface area contributed by atoms with Crippen LogP contribution >= 0.6 is 0 Å². The van der Waals surface area contributed by atoms with Crippen LogP contribution in [-0.4, -0.2) is 47.8 Å². The average molecular weight is 354 g/mol. The molecule has 0 amide bonds. The first-order valence-electron chi connectivity index (χ1n) is 8.45. The molecule has 25 heavy (non-hydrogen) atoms. The standard InChI is InChI=1S/C7H6N4O4.2C4H9N/c1-2-5(6(3-8)10(12)13)7(4-9)11(14)15;2*1-2-4-5-3-1/h5H,2H2,1H3;2*5H,1-4H2/q-2;;/p+2. The molecular formula is C15H26N6O4. The van der Waals surface area contributed by atoms with Crippen molar-refractivity contribution in [3.05, 3.63) is 42.4 Å². The Balaban J connectivity index is 0.000000456. The highest BCUT2D eigenvalue weighted by Gasteiger charge is 2.32. The third-order valence-corrected chi connectivity index (χ3v) is 3.82. The maximum atomic E-state index is 10.4. The second kappa shape index (κ2) is 14.0. The molecule has 0 bridgehead atoms. The van der Waals surface area contributed by atoms with E-state index in [2.05, 4.69) is 10.6 Å². The topological polar surface area (TPSA) is 164 Å². The number of quaternary nitrogens is 2. The molecule has 4 N–H and O–H groups in total. The van der Waals surface area contributed by atoms with Gasteiger partial charge < -0.3 is 21.5 Å². The summed E-state index contributed by atoms with van der Waals surface area (Å²) in [5.41, 5.74) is -1.77. The van der Waals surface area contributed by atoms with E-state index in [1.165, 1.54) is 70.5 Å². The molecule has 2 fully saturated rings. The van der Waals surface area contributed by atoms with Gasteiger partial charge in [0, 0.05) is 25.7 Å². The van der Waals surface area contributed by atoms with Crippen LogP contribution in [0.1, 0.15) is 39.0 Å². The molecule has 0 saturated carbocycles. The van der Waals surface area contributed by atoms with Gasteiger partial charge in [0.05, 0.1) is 36.0 Å². The molecule has 2 aliphatic heterocycles. The summed E-state index contributed by atoms with van der Waals surface area (Å²) in [5, 5.41) is 42.4. The maximum Gasteiger partial charge on any atom is 0.280 e. The van der Waals surface area contributed by atoms with Crippen LogP contribution in [0.3, 0.4) is 0 Å². The highest BCUT2D eigenvalue weighted by Crippen LogP contribution is 2.21.